The number of benzene rings is 1. The number of hydrogen-bond donors (Lipinski definition) is 1. The Bertz CT molecular complexity index is 471. The van der Waals surface area contributed by atoms with E-state index in [-0.39, 0.29) is 5.75 Å². The van der Waals surface area contributed by atoms with E-state index < -0.39 is 10.0 Å². The van der Waals surface area contributed by atoms with Crippen molar-refractivity contribution in [3.05, 3.63) is 29.8 Å². The first kappa shape index (κ1) is 15.9. The molecule has 0 fully saturated rings. The summed E-state index contributed by atoms with van der Waals surface area (Å²) in [5, 5.41) is 3.02. The molecular weight excluding hydrogens is 264 g/mol. The SMILES string of the molecule is CCNCCS(=O)(=O)N(C)Cc1ccc(OC)cc1. The third-order valence-electron chi connectivity index (χ3n) is 2.83. The molecule has 0 unspecified atom stereocenters. The van der Waals surface area contributed by atoms with Crippen LogP contribution in [0.5, 0.6) is 5.75 Å². The summed E-state index contributed by atoms with van der Waals surface area (Å²) in [5.41, 5.74) is 0.940. The molecular formula is C13H22N2O3S. The van der Waals surface area contributed by atoms with Crippen LogP contribution in [0.2, 0.25) is 0 Å². The second kappa shape index (κ2) is 7.47. The van der Waals surface area contributed by atoms with Crippen LogP contribution < -0.4 is 10.1 Å². The van der Waals surface area contributed by atoms with Crippen molar-refractivity contribution in [2.45, 2.75) is 13.5 Å². The maximum atomic E-state index is 12.0. The lowest BCUT2D eigenvalue weighted by Gasteiger charge is -2.17. The molecule has 0 aliphatic rings. The van der Waals surface area contributed by atoms with E-state index in [1.165, 1.54) is 4.31 Å². The van der Waals surface area contributed by atoms with Crippen molar-refractivity contribution in [1.82, 2.24) is 9.62 Å². The highest BCUT2D eigenvalue weighted by Gasteiger charge is 2.17. The van der Waals surface area contributed by atoms with Gasteiger partial charge in [0.2, 0.25) is 10.0 Å². The van der Waals surface area contributed by atoms with Crippen molar-refractivity contribution in [1.29, 1.82) is 0 Å². The summed E-state index contributed by atoms with van der Waals surface area (Å²) in [4.78, 5) is 0. The normalized spacial score (nSPS) is 11.8. The first-order chi connectivity index (χ1) is 8.99. The van der Waals surface area contributed by atoms with Gasteiger partial charge in [0.25, 0.3) is 0 Å². The number of nitrogens with zero attached hydrogens (tertiary/aromatic N) is 1. The molecule has 0 aliphatic heterocycles. The monoisotopic (exact) mass is 286 g/mol. The maximum absolute atomic E-state index is 12.0. The fraction of sp³-hybridized carbons (Fsp3) is 0.538. The smallest absolute Gasteiger partial charge is 0.215 e. The van der Waals surface area contributed by atoms with Crippen LogP contribution in [0.3, 0.4) is 0 Å². The average Bonchev–Trinajstić information content (AvgIpc) is 2.39. The fourth-order valence-corrected chi connectivity index (χ4v) is 2.68. The molecule has 1 aromatic rings. The van der Waals surface area contributed by atoms with Crippen LogP contribution in [0.4, 0.5) is 0 Å². The number of hydrogen-bond acceptors (Lipinski definition) is 4. The van der Waals surface area contributed by atoms with Crippen LogP contribution in [-0.4, -0.2) is 45.7 Å². The minimum atomic E-state index is -3.21. The largest absolute Gasteiger partial charge is 0.497 e. The quantitative estimate of drug-likeness (QED) is 0.726. The molecule has 108 valence electrons. The minimum Gasteiger partial charge on any atom is -0.497 e. The van der Waals surface area contributed by atoms with Gasteiger partial charge in [-0.15, -0.1) is 0 Å². The number of methoxy groups -OCH3 is 1. The Balaban J connectivity index is 2.59. The second-order valence-electron chi connectivity index (χ2n) is 4.27. The first-order valence-electron chi connectivity index (χ1n) is 6.27. The van der Waals surface area contributed by atoms with Crippen molar-refractivity contribution in [2.75, 3.05) is 33.0 Å². The highest BCUT2D eigenvalue weighted by Crippen LogP contribution is 2.13. The van der Waals surface area contributed by atoms with E-state index >= 15 is 0 Å². The van der Waals surface area contributed by atoms with E-state index in [0.717, 1.165) is 17.9 Å². The highest BCUT2D eigenvalue weighted by molar-refractivity contribution is 7.89. The highest BCUT2D eigenvalue weighted by atomic mass is 32.2. The van der Waals surface area contributed by atoms with Crippen molar-refractivity contribution in [3.63, 3.8) is 0 Å². The van der Waals surface area contributed by atoms with Gasteiger partial charge in [-0.1, -0.05) is 19.1 Å². The molecule has 1 rings (SSSR count). The standard InChI is InChI=1S/C13H22N2O3S/c1-4-14-9-10-19(16,17)15(2)11-12-5-7-13(18-3)8-6-12/h5-8,14H,4,9-11H2,1-3H3. The Morgan fingerprint density at radius 3 is 2.42 bits per heavy atom. The molecule has 1 aromatic carbocycles. The van der Waals surface area contributed by atoms with Crippen LogP contribution in [0.25, 0.3) is 0 Å². The summed E-state index contributed by atoms with van der Waals surface area (Å²) < 4.78 is 30.4. The van der Waals surface area contributed by atoms with Crippen molar-refractivity contribution in [3.8, 4) is 5.75 Å². The van der Waals surface area contributed by atoms with Gasteiger partial charge >= 0.3 is 0 Å². The second-order valence-corrected chi connectivity index (χ2v) is 6.47. The van der Waals surface area contributed by atoms with Crippen LogP contribution in [-0.2, 0) is 16.6 Å². The Hall–Kier alpha value is -1.11. The Kier molecular flexibility index (Phi) is 6.27. The Labute approximate surface area is 115 Å². The summed E-state index contributed by atoms with van der Waals surface area (Å²) >= 11 is 0. The summed E-state index contributed by atoms with van der Waals surface area (Å²) in [5.74, 6) is 0.884. The summed E-state index contributed by atoms with van der Waals surface area (Å²) in [7, 11) is -0.000640. The average molecular weight is 286 g/mol. The lowest BCUT2D eigenvalue weighted by molar-refractivity contribution is 0.414. The summed E-state index contributed by atoms with van der Waals surface area (Å²) in [6.07, 6.45) is 0. The third kappa shape index (κ3) is 5.18. The molecule has 6 heteroatoms. The van der Waals surface area contributed by atoms with E-state index in [2.05, 4.69) is 5.32 Å². The van der Waals surface area contributed by atoms with Gasteiger partial charge in [-0.25, -0.2) is 12.7 Å². The Morgan fingerprint density at radius 2 is 1.89 bits per heavy atom. The summed E-state index contributed by atoms with van der Waals surface area (Å²) in [6, 6.07) is 7.40. The molecule has 0 heterocycles. The number of ether oxygens (including phenoxy) is 1. The van der Waals surface area contributed by atoms with Gasteiger partial charge in [-0.2, -0.15) is 0 Å². The van der Waals surface area contributed by atoms with E-state index in [1.54, 1.807) is 14.2 Å². The number of sulfonamides is 1. The van der Waals surface area contributed by atoms with Gasteiger partial charge in [0.15, 0.2) is 0 Å². The van der Waals surface area contributed by atoms with Crippen molar-refractivity contribution in [2.24, 2.45) is 0 Å². The van der Waals surface area contributed by atoms with Crippen LogP contribution >= 0.6 is 0 Å². The molecule has 0 aromatic heterocycles. The molecule has 1 N–H and O–H groups in total. The molecule has 0 aliphatic carbocycles. The molecule has 0 spiro atoms. The molecule has 0 radical (unpaired) electrons. The van der Waals surface area contributed by atoms with E-state index in [9.17, 15) is 8.42 Å². The minimum absolute atomic E-state index is 0.119. The van der Waals surface area contributed by atoms with E-state index in [0.29, 0.717) is 13.1 Å². The Morgan fingerprint density at radius 1 is 1.26 bits per heavy atom. The van der Waals surface area contributed by atoms with Gasteiger partial charge in [0, 0.05) is 20.1 Å². The third-order valence-corrected chi connectivity index (χ3v) is 4.62. The fourth-order valence-electron chi connectivity index (χ4n) is 1.62. The van der Waals surface area contributed by atoms with Crippen molar-refractivity contribution >= 4 is 10.0 Å². The molecule has 5 nitrogen and oxygen atoms in total. The van der Waals surface area contributed by atoms with E-state index in [1.807, 2.05) is 31.2 Å². The summed E-state index contributed by atoms with van der Waals surface area (Å²) in [6.45, 7) is 3.58. The lowest BCUT2D eigenvalue weighted by Crippen LogP contribution is -2.33. The topological polar surface area (TPSA) is 58.6 Å². The molecule has 0 bridgehead atoms. The van der Waals surface area contributed by atoms with Crippen LogP contribution in [0.1, 0.15) is 12.5 Å². The molecule has 0 saturated heterocycles. The predicted molar refractivity (Wildman–Crippen MR) is 76.8 cm³/mol. The molecule has 0 saturated carbocycles. The number of nitrogens with one attached hydrogen (secondary N) is 1. The van der Waals surface area contributed by atoms with Crippen LogP contribution in [0.15, 0.2) is 24.3 Å². The van der Waals surface area contributed by atoms with Gasteiger partial charge in [0.1, 0.15) is 5.75 Å². The molecule has 0 amide bonds. The van der Waals surface area contributed by atoms with E-state index in [4.69, 9.17) is 4.74 Å². The zero-order valence-corrected chi connectivity index (χ0v) is 12.5. The zero-order chi connectivity index (χ0) is 14.3. The van der Waals surface area contributed by atoms with Gasteiger partial charge in [0.05, 0.1) is 12.9 Å². The number of rotatable bonds is 8. The predicted octanol–water partition coefficient (Wildman–Crippen LogP) is 1.07. The van der Waals surface area contributed by atoms with Gasteiger partial charge in [-0.05, 0) is 24.2 Å². The van der Waals surface area contributed by atoms with Gasteiger partial charge in [-0.3, -0.25) is 0 Å². The first-order valence-corrected chi connectivity index (χ1v) is 7.88. The molecule has 19 heavy (non-hydrogen) atoms. The van der Waals surface area contributed by atoms with Crippen molar-refractivity contribution < 1.29 is 13.2 Å². The molecule has 0 atom stereocenters. The van der Waals surface area contributed by atoms with Crippen LogP contribution in [0, 0.1) is 0 Å². The zero-order valence-electron chi connectivity index (χ0n) is 11.7. The van der Waals surface area contributed by atoms with Gasteiger partial charge < -0.3 is 10.1 Å². The lowest BCUT2D eigenvalue weighted by atomic mass is 10.2. The maximum Gasteiger partial charge on any atom is 0.215 e.